The van der Waals surface area contributed by atoms with Gasteiger partial charge in [0.05, 0.1) is 13.7 Å². The second-order valence-corrected chi connectivity index (χ2v) is 5.79. The average molecular weight is 340 g/mol. The quantitative estimate of drug-likeness (QED) is 0.847. The summed E-state index contributed by atoms with van der Waals surface area (Å²) >= 11 is 0. The number of rotatable bonds is 6. The zero-order valence-corrected chi connectivity index (χ0v) is 14.0. The van der Waals surface area contributed by atoms with Crippen LogP contribution in [0.15, 0.2) is 48.5 Å². The molecule has 0 aliphatic carbocycles. The van der Waals surface area contributed by atoms with E-state index in [0.29, 0.717) is 19.4 Å². The van der Waals surface area contributed by atoms with Crippen molar-refractivity contribution in [3.05, 3.63) is 59.7 Å². The molecule has 130 valence electrons. The van der Waals surface area contributed by atoms with Crippen LogP contribution in [0.25, 0.3) is 0 Å². The highest BCUT2D eigenvalue weighted by Gasteiger charge is 2.23. The van der Waals surface area contributed by atoms with Gasteiger partial charge in [0.2, 0.25) is 5.91 Å². The maximum Gasteiger partial charge on any atom is 0.407 e. The first-order chi connectivity index (χ1) is 12.1. The number of hydrogen-bond donors (Lipinski definition) is 2. The number of amides is 2. The second kappa shape index (κ2) is 7.70. The van der Waals surface area contributed by atoms with E-state index >= 15 is 0 Å². The summed E-state index contributed by atoms with van der Waals surface area (Å²) in [6, 6.07) is 15.0. The van der Waals surface area contributed by atoms with Crippen LogP contribution in [0.1, 0.15) is 23.7 Å². The van der Waals surface area contributed by atoms with Crippen LogP contribution in [0.2, 0.25) is 0 Å². The van der Waals surface area contributed by atoms with Gasteiger partial charge in [-0.05, 0) is 41.8 Å². The largest absolute Gasteiger partial charge is 0.497 e. The molecule has 0 spiro atoms. The third kappa shape index (κ3) is 4.50. The van der Waals surface area contributed by atoms with Crippen LogP contribution in [0.5, 0.6) is 5.75 Å². The minimum Gasteiger partial charge on any atom is -0.497 e. The topological polar surface area (TPSA) is 76.7 Å². The Bertz CT molecular complexity index is 741. The summed E-state index contributed by atoms with van der Waals surface area (Å²) in [5, 5.41) is 5.49. The maximum atomic E-state index is 12.1. The van der Waals surface area contributed by atoms with Gasteiger partial charge in [-0.2, -0.15) is 0 Å². The van der Waals surface area contributed by atoms with Gasteiger partial charge in [-0.15, -0.1) is 0 Å². The van der Waals surface area contributed by atoms with Gasteiger partial charge >= 0.3 is 6.09 Å². The highest BCUT2D eigenvalue weighted by Crippen LogP contribution is 2.22. The van der Waals surface area contributed by atoms with E-state index in [1.807, 2.05) is 48.5 Å². The molecule has 1 aliphatic rings. The van der Waals surface area contributed by atoms with Gasteiger partial charge in [0.15, 0.2) is 0 Å². The molecule has 1 unspecified atom stereocenters. The molecule has 2 N–H and O–H groups in total. The first kappa shape index (κ1) is 16.8. The van der Waals surface area contributed by atoms with Gasteiger partial charge < -0.3 is 20.1 Å². The molecule has 25 heavy (non-hydrogen) atoms. The monoisotopic (exact) mass is 340 g/mol. The van der Waals surface area contributed by atoms with Crippen molar-refractivity contribution in [3.8, 4) is 5.75 Å². The highest BCUT2D eigenvalue weighted by molar-refractivity contribution is 5.90. The van der Waals surface area contributed by atoms with Crippen LogP contribution >= 0.6 is 0 Å². The Morgan fingerprint density at radius 1 is 1.20 bits per heavy atom. The molecule has 0 radical (unpaired) electrons. The average Bonchev–Trinajstić information content (AvgIpc) is 3.07. The van der Waals surface area contributed by atoms with E-state index in [1.165, 1.54) is 0 Å². The van der Waals surface area contributed by atoms with Crippen molar-refractivity contribution in [2.45, 2.75) is 18.9 Å². The summed E-state index contributed by atoms with van der Waals surface area (Å²) in [5.41, 5.74) is 2.71. The number of alkyl carbamates (subject to hydrolysis) is 1. The Kier molecular flexibility index (Phi) is 5.18. The number of methoxy groups -OCH3 is 1. The number of hydrogen-bond acceptors (Lipinski definition) is 4. The highest BCUT2D eigenvalue weighted by atomic mass is 16.6. The van der Waals surface area contributed by atoms with Crippen LogP contribution in [0.3, 0.4) is 0 Å². The van der Waals surface area contributed by atoms with Crippen LogP contribution in [0, 0.1) is 0 Å². The second-order valence-electron chi connectivity index (χ2n) is 5.79. The maximum absolute atomic E-state index is 12.1. The number of carbonyl (C=O) groups is 2. The molecule has 2 amide bonds. The lowest BCUT2D eigenvalue weighted by Gasteiger charge is -2.10. The fourth-order valence-corrected chi connectivity index (χ4v) is 2.63. The summed E-state index contributed by atoms with van der Waals surface area (Å²) < 4.78 is 10.2. The van der Waals surface area contributed by atoms with E-state index < -0.39 is 6.09 Å². The molecule has 1 saturated heterocycles. The minimum atomic E-state index is -0.402. The van der Waals surface area contributed by atoms with E-state index in [1.54, 1.807) is 7.11 Å². The lowest BCUT2D eigenvalue weighted by Crippen LogP contribution is -2.13. The lowest BCUT2D eigenvalue weighted by molar-refractivity contribution is -0.116. The number of benzene rings is 2. The predicted molar refractivity (Wildman–Crippen MR) is 93.6 cm³/mol. The number of carbonyl (C=O) groups excluding carboxylic acids is 2. The number of nitrogens with one attached hydrogen (secondary N) is 2. The third-order valence-corrected chi connectivity index (χ3v) is 4.05. The summed E-state index contributed by atoms with van der Waals surface area (Å²) in [6.45, 7) is 0.465. The van der Waals surface area contributed by atoms with Gasteiger partial charge in [0.25, 0.3) is 0 Å². The third-order valence-electron chi connectivity index (χ3n) is 4.05. The summed E-state index contributed by atoms with van der Waals surface area (Å²) in [6.07, 6.45) is 0.392. The van der Waals surface area contributed by atoms with Crippen LogP contribution in [0.4, 0.5) is 10.5 Å². The molecule has 0 saturated carbocycles. The summed E-state index contributed by atoms with van der Waals surface area (Å²) in [4.78, 5) is 23.1. The lowest BCUT2D eigenvalue weighted by atomic mass is 10.1. The van der Waals surface area contributed by atoms with Gasteiger partial charge in [0.1, 0.15) is 11.9 Å². The number of anilines is 1. The number of aryl methyl sites for hydroxylation is 1. The standard InChI is InChI=1S/C19H20N2O4/c1-24-16-9-2-13(3-10-16)4-11-18(22)21-15-7-5-14(6-8-15)17-12-20-19(23)25-17/h2-3,5-10,17H,4,11-12H2,1H3,(H,20,23)(H,21,22). The fourth-order valence-electron chi connectivity index (χ4n) is 2.63. The normalized spacial score (nSPS) is 16.0. The van der Waals surface area contributed by atoms with E-state index in [4.69, 9.17) is 9.47 Å². The molecule has 0 bridgehead atoms. The molecule has 2 aromatic carbocycles. The van der Waals surface area contributed by atoms with Crippen molar-refractivity contribution < 1.29 is 19.1 Å². The number of cyclic esters (lactones) is 1. The molecule has 1 atom stereocenters. The number of ether oxygens (including phenoxy) is 2. The molecule has 1 aliphatic heterocycles. The Hall–Kier alpha value is -3.02. The van der Waals surface area contributed by atoms with Crippen molar-refractivity contribution in [3.63, 3.8) is 0 Å². The van der Waals surface area contributed by atoms with Crippen LogP contribution in [-0.2, 0) is 16.0 Å². The van der Waals surface area contributed by atoms with Crippen LogP contribution in [-0.4, -0.2) is 25.7 Å². The Balaban J connectivity index is 1.49. The Labute approximate surface area is 146 Å². The van der Waals surface area contributed by atoms with Crippen LogP contribution < -0.4 is 15.4 Å². The first-order valence-electron chi connectivity index (χ1n) is 8.11. The molecule has 2 aromatic rings. The van der Waals surface area contributed by atoms with E-state index in [-0.39, 0.29) is 12.0 Å². The van der Waals surface area contributed by atoms with E-state index in [2.05, 4.69) is 10.6 Å². The first-order valence-corrected chi connectivity index (χ1v) is 8.11. The Morgan fingerprint density at radius 3 is 2.52 bits per heavy atom. The minimum absolute atomic E-state index is 0.0440. The fraction of sp³-hybridized carbons (Fsp3) is 0.263. The zero-order valence-electron chi connectivity index (χ0n) is 14.0. The summed E-state index contributed by atoms with van der Waals surface area (Å²) in [5.74, 6) is 0.758. The van der Waals surface area contributed by atoms with Gasteiger partial charge in [-0.1, -0.05) is 24.3 Å². The van der Waals surface area contributed by atoms with Gasteiger partial charge in [0, 0.05) is 12.1 Å². The molecular weight excluding hydrogens is 320 g/mol. The smallest absolute Gasteiger partial charge is 0.407 e. The van der Waals surface area contributed by atoms with Crippen molar-refractivity contribution >= 4 is 17.7 Å². The zero-order chi connectivity index (χ0) is 17.6. The summed E-state index contributed by atoms with van der Waals surface area (Å²) in [7, 11) is 1.63. The van der Waals surface area contributed by atoms with E-state index in [9.17, 15) is 9.59 Å². The Morgan fingerprint density at radius 2 is 1.92 bits per heavy atom. The van der Waals surface area contributed by atoms with Gasteiger partial charge in [-0.3, -0.25) is 4.79 Å². The molecule has 3 rings (SSSR count). The molecule has 0 aromatic heterocycles. The van der Waals surface area contributed by atoms with Gasteiger partial charge in [-0.25, -0.2) is 4.79 Å². The predicted octanol–water partition coefficient (Wildman–Crippen LogP) is 3.05. The van der Waals surface area contributed by atoms with Crippen molar-refractivity contribution in [1.29, 1.82) is 0 Å². The molecular formula is C19H20N2O4. The van der Waals surface area contributed by atoms with E-state index in [0.717, 1.165) is 22.6 Å². The van der Waals surface area contributed by atoms with Crippen molar-refractivity contribution in [2.24, 2.45) is 0 Å². The van der Waals surface area contributed by atoms with Crippen molar-refractivity contribution in [2.75, 3.05) is 19.0 Å². The molecule has 6 heteroatoms. The SMILES string of the molecule is COc1ccc(CCC(=O)Nc2ccc(C3CNC(=O)O3)cc2)cc1. The van der Waals surface area contributed by atoms with Crippen molar-refractivity contribution in [1.82, 2.24) is 5.32 Å². The molecule has 1 heterocycles. The molecule has 6 nitrogen and oxygen atoms in total. The molecule has 1 fully saturated rings.